The van der Waals surface area contributed by atoms with Gasteiger partial charge < -0.3 is 0 Å². The Balaban J connectivity index is 2.31. The van der Waals surface area contributed by atoms with E-state index in [1.807, 2.05) is 0 Å². The molecule has 10 heavy (non-hydrogen) atoms. The lowest BCUT2D eigenvalue weighted by atomic mass is 10.3. The van der Waals surface area contributed by atoms with Crippen molar-refractivity contribution in [2.75, 3.05) is 0 Å². The van der Waals surface area contributed by atoms with Gasteiger partial charge in [-0.25, -0.2) is 0 Å². The molecule has 1 heteroatoms. The van der Waals surface area contributed by atoms with Crippen molar-refractivity contribution in [3.05, 3.63) is 12.7 Å². The molecule has 1 aliphatic rings. The highest BCUT2D eigenvalue weighted by molar-refractivity contribution is 6.78. The number of hydrogen-bond acceptors (Lipinski definition) is 0. The van der Waals surface area contributed by atoms with Gasteiger partial charge >= 0.3 is 0 Å². The van der Waals surface area contributed by atoms with Gasteiger partial charge in [-0.1, -0.05) is 25.7 Å². The Bertz CT molecular complexity index is 132. The quantitative estimate of drug-likeness (QED) is 0.432. The van der Waals surface area contributed by atoms with Gasteiger partial charge in [0.15, 0.2) is 0 Å². The third-order valence-electron chi connectivity index (χ3n) is 2.50. The van der Waals surface area contributed by atoms with Crippen LogP contribution in [0.2, 0.25) is 25.2 Å². The molecule has 1 aliphatic carbocycles. The maximum atomic E-state index is 3.77. The Labute approximate surface area is 65.3 Å². The highest BCUT2D eigenvalue weighted by Gasteiger charge is 2.44. The predicted molar refractivity (Wildman–Crippen MR) is 50.0 cm³/mol. The van der Waals surface area contributed by atoms with E-state index in [1.54, 1.807) is 0 Å². The monoisotopic (exact) mass is 154 g/mol. The summed E-state index contributed by atoms with van der Waals surface area (Å²) < 4.78 is 0. The zero-order valence-corrected chi connectivity index (χ0v) is 8.35. The van der Waals surface area contributed by atoms with Crippen molar-refractivity contribution in [1.82, 2.24) is 0 Å². The van der Waals surface area contributed by atoms with Crippen molar-refractivity contribution in [1.29, 1.82) is 0 Å². The molecule has 0 radical (unpaired) electrons. The van der Waals surface area contributed by atoms with Gasteiger partial charge in [-0.2, -0.15) is 0 Å². The molecular formula is C9H18Si. The second-order valence-electron chi connectivity index (χ2n) is 4.49. The number of allylic oxidation sites excluding steroid dienone is 1. The molecule has 58 valence electrons. The molecule has 0 aromatic heterocycles. The van der Waals surface area contributed by atoms with Crippen LogP contribution in [0, 0.1) is 5.92 Å². The molecular weight excluding hydrogens is 136 g/mol. The van der Waals surface area contributed by atoms with Gasteiger partial charge in [0.05, 0.1) is 0 Å². The zero-order valence-electron chi connectivity index (χ0n) is 7.35. The molecule has 0 aromatic rings. The molecule has 1 fully saturated rings. The molecule has 0 nitrogen and oxygen atoms in total. The summed E-state index contributed by atoms with van der Waals surface area (Å²) in [5.74, 6) is 1.02. The number of hydrogen-bond donors (Lipinski definition) is 0. The van der Waals surface area contributed by atoms with E-state index in [9.17, 15) is 0 Å². The molecule has 1 unspecified atom stereocenters. The van der Waals surface area contributed by atoms with Crippen LogP contribution in [0.3, 0.4) is 0 Å². The van der Waals surface area contributed by atoms with Crippen LogP contribution in [0.1, 0.15) is 12.8 Å². The van der Waals surface area contributed by atoms with Crippen LogP contribution in [0.25, 0.3) is 0 Å². The maximum Gasteiger partial charge on any atom is 0.0476 e. The van der Waals surface area contributed by atoms with Crippen molar-refractivity contribution >= 4 is 8.07 Å². The smallest absolute Gasteiger partial charge is 0.0476 e. The highest BCUT2D eigenvalue weighted by atomic mass is 28.3. The minimum absolute atomic E-state index is 0.772. The van der Waals surface area contributed by atoms with Crippen LogP contribution in [0.5, 0.6) is 0 Å². The van der Waals surface area contributed by atoms with Crippen LogP contribution in [0.15, 0.2) is 12.7 Å². The van der Waals surface area contributed by atoms with E-state index in [4.69, 9.17) is 0 Å². The van der Waals surface area contributed by atoms with Crippen molar-refractivity contribution < 1.29 is 0 Å². The van der Waals surface area contributed by atoms with E-state index in [0.717, 1.165) is 11.5 Å². The summed E-state index contributed by atoms with van der Waals surface area (Å²) in [7, 11) is -0.772. The molecule has 0 aromatic carbocycles. The molecule has 0 spiro atoms. The van der Waals surface area contributed by atoms with Crippen LogP contribution in [0.4, 0.5) is 0 Å². The SMILES string of the molecule is C=CC[C@H]1CC1[Si](C)(C)C. The Hall–Kier alpha value is -0.0431. The number of rotatable bonds is 3. The second kappa shape index (κ2) is 2.53. The zero-order chi connectivity index (χ0) is 7.78. The Morgan fingerprint density at radius 2 is 2.10 bits per heavy atom. The van der Waals surface area contributed by atoms with Crippen LogP contribution in [-0.2, 0) is 0 Å². The fraction of sp³-hybridized carbons (Fsp3) is 0.778. The fourth-order valence-electron chi connectivity index (χ4n) is 1.78. The van der Waals surface area contributed by atoms with Gasteiger partial charge in [-0.3, -0.25) is 0 Å². The normalized spacial score (nSPS) is 31.9. The molecule has 1 rings (SSSR count). The molecule has 1 saturated carbocycles. The van der Waals surface area contributed by atoms with E-state index in [0.29, 0.717) is 0 Å². The minimum Gasteiger partial charge on any atom is -0.103 e. The van der Waals surface area contributed by atoms with Crippen LogP contribution in [-0.4, -0.2) is 8.07 Å². The van der Waals surface area contributed by atoms with E-state index in [1.165, 1.54) is 12.8 Å². The lowest BCUT2D eigenvalue weighted by Crippen LogP contribution is -2.20. The van der Waals surface area contributed by atoms with Gasteiger partial charge in [0.25, 0.3) is 0 Å². The van der Waals surface area contributed by atoms with Crippen molar-refractivity contribution in [3.8, 4) is 0 Å². The first-order valence-electron chi connectivity index (χ1n) is 4.16. The maximum absolute atomic E-state index is 3.77. The summed E-state index contributed by atoms with van der Waals surface area (Å²) in [6, 6.07) is 0. The van der Waals surface area contributed by atoms with Crippen LogP contribution < -0.4 is 0 Å². The summed E-state index contributed by atoms with van der Waals surface area (Å²) in [4.78, 5) is 0. The summed E-state index contributed by atoms with van der Waals surface area (Å²) >= 11 is 0. The average molecular weight is 154 g/mol. The first kappa shape index (κ1) is 8.06. The lowest BCUT2D eigenvalue weighted by molar-refractivity contribution is 0.856. The first-order valence-corrected chi connectivity index (χ1v) is 7.74. The van der Waals surface area contributed by atoms with Gasteiger partial charge in [-0.05, 0) is 24.3 Å². The highest BCUT2D eigenvalue weighted by Crippen LogP contribution is 2.53. The molecule has 0 aliphatic heterocycles. The first-order chi connectivity index (χ1) is 4.55. The topological polar surface area (TPSA) is 0 Å². The van der Waals surface area contributed by atoms with Gasteiger partial charge in [0.1, 0.15) is 0 Å². The van der Waals surface area contributed by atoms with Crippen molar-refractivity contribution in [3.63, 3.8) is 0 Å². The third kappa shape index (κ3) is 1.72. The molecule has 0 amide bonds. The van der Waals surface area contributed by atoms with E-state index < -0.39 is 8.07 Å². The minimum atomic E-state index is -0.772. The van der Waals surface area contributed by atoms with Gasteiger partial charge in [0, 0.05) is 8.07 Å². The van der Waals surface area contributed by atoms with Gasteiger partial charge in [0.2, 0.25) is 0 Å². The summed E-state index contributed by atoms with van der Waals surface area (Å²) in [5.41, 5.74) is 1.10. The van der Waals surface area contributed by atoms with E-state index >= 15 is 0 Å². The molecule has 2 atom stereocenters. The summed E-state index contributed by atoms with van der Waals surface area (Å²) in [6.45, 7) is 11.2. The predicted octanol–water partition coefficient (Wildman–Crippen LogP) is 3.29. The molecule has 0 heterocycles. The molecule has 0 saturated heterocycles. The average Bonchev–Trinajstić information content (AvgIpc) is 2.44. The summed E-state index contributed by atoms with van der Waals surface area (Å²) in [5, 5.41) is 0. The van der Waals surface area contributed by atoms with Crippen LogP contribution >= 0.6 is 0 Å². The second-order valence-corrected chi connectivity index (χ2v) is 9.97. The molecule has 0 bridgehead atoms. The van der Waals surface area contributed by atoms with E-state index in [2.05, 4.69) is 32.3 Å². The Morgan fingerprint density at radius 3 is 2.40 bits per heavy atom. The Kier molecular flexibility index (Phi) is 2.04. The lowest BCUT2D eigenvalue weighted by Gasteiger charge is -2.14. The standard InChI is InChI=1S/C9H18Si/c1-5-6-8-7-9(8)10(2,3)4/h5,8-9H,1,6-7H2,2-4H3/t8-,9?/m0/s1. The largest absolute Gasteiger partial charge is 0.103 e. The molecule has 0 N–H and O–H groups in total. The van der Waals surface area contributed by atoms with Gasteiger partial charge in [-0.15, -0.1) is 6.58 Å². The van der Waals surface area contributed by atoms with E-state index in [-0.39, 0.29) is 0 Å². The summed E-state index contributed by atoms with van der Waals surface area (Å²) in [6.07, 6.45) is 4.82. The Morgan fingerprint density at radius 1 is 1.50 bits per heavy atom. The van der Waals surface area contributed by atoms with Crippen molar-refractivity contribution in [2.24, 2.45) is 5.92 Å². The third-order valence-corrected chi connectivity index (χ3v) is 5.44. The fourth-order valence-corrected chi connectivity index (χ4v) is 4.34. The van der Waals surface area contributed by atoms with Crippen molar-refractivity contribution in [2.45, 2.75) is 38.0 Å².